The molecule has 2 N–H and O–H groups in total. The number of rotatable bonds is 7. The summed E-state index contributed by atoms with van der Waals surface area (Å²) >= 11 is 0.0255. The molecule has 216 valence electrons. The molecule has 0 atom stereocenters. The normalized spacial score (nSPS) is 12.9. The van der Waals surface area contributed by atoms with Crippen LogP contribution in [0.1, 0.15) is 118 Å². The number of hydrogen-bond donors (Lipinski definition) is 2. The number of phenols is 1. The molecule has 39 heavy (non-hydrogen) atoms. The van der Waals surface area contributed by atoms with E-state index in [0.29, 0.717) is 11.5 Å². The molecule has 0 saturated carbocycles. The average Bonchev–Trinajstić information content (AvgIpc) is 2.74. The molecule has 0 aliphatic rings. The van der Waals surface area contributed by atoms with Crippen LogP contribution in [0.5, 0.6) is 11.5 Å². The van der Waals surface area contributed by atoms with Gasteiger partial charge in [0.2, 0.25) is 0 Å². The molecule has 0 aliphatic heterocycles. The number of carboxylic acids is 1. The molecular formula is C32H46O5SSe. The van der Waals surface area contributed by atoms with Gasteiger partial charge in [-0.25, -0.2) is 0 Å². The Hall–Kier alpha value is -1.95. The molecule has 2 aromatic rings. The van der Waals surface area contributed by atoms with Gasteiger partial charge in [-0.2, -0.15) is 0 Å². The van der Waals surface area contributed by atoms with Gasteiger partial charge in [-0.1, -0.05) is 0 Å². The van der Waals surface area contributed by atoms with Gasteiger partial charge < -0.3 is 0 Å². The summed E-state index contributed by atoms with van der Waals surface area (Å²) in [6, 6.07) is 8.51. The molecule has 0 unspecified atom stereocenters. The molecule has 0 bridgehead atoms. The quantitative estimate of drug-likeness (QED) is 0.191. The van der Waals surface area contributed by atoms with Gasteiger partial charge in [-0.05, 0) is 0 Å². The molecule has 0 aliphatic carbocycles. The van der Waals surface area contributed by atoms with E-state index >= 15 is 0 Å². The second-order valence-corrected chi connectivity index (χ2v) is 18.1. The first-order valence-electron chi connectivity index (χ1n) is 13.4. The van der Waals surface area contributed by atoms with Crippen molar-refractivity contribution in [3.05, 3.63) is 46.5 Å². The van der Waals surface area contributed by atoms with Crippen LogP contribution in [0.4, 0.5) is 0 Å². The van der Waals surface area contributed by atoms with Crippen LogP contribution in [0.3, 0.4) is 0 Å². The van der Waals surface area contributed by atoms with Gasteiger partial charge in [0.15, 0.2) is 0 Å². The molecule has 0 heterocycles. The van der Waals surface area contributed by atoms with Crippen LogP contribution in [0.2, 0.25) is 0 Å². The number of phenolic OH excluding ortho intramolecular Hbond substituents is 1. The van der Waals surface area contributed by atoms with Crippen molar-refractivity contribution in [1.82, 2.24) is 0 Å². The van der Waals surface area contributed by atoms with Gasteiger partial charge in [-0.3, -0.25) is 0 Å². The molecule has 0 radical (unpaired) electrons. The topological polar surface area (TPSA) is 83.8 Å². The molecule has 0 amide bonds. The van der Waals surface area contributed by atoms with Crippen molar-refractivity contribution in [2.45, 2.75) is 122 Å². The number of aromatic hydroxyl groups is 1. The number of esters is 1. The van der Waals surface area contributed by atoms with Crippen molar-refractivity contribution in [1.29, 1.82) is 0 Å². The van der Waals surface area contributed by atoms with E-state index in [1.54, 1.807) is 10.2 Å². The van der Waals surface area contributed by atoms with Crippen LogP contribution < -0.4 is 9.20 Å². The third-order valence-electron chi connectivity index (χ3n) is 6.37. The molecule has 7 heteroatoms. The first-order chi connectivity index (χ1) is 17.5. The fourth-order valence-electron chi connectivity index (χ4n) is 4.14. The zero-order valence-corrected chi connectivity index (χ0v) is 28.2. The van der Waals surface area contributed by atoms with Gasteiger partial charge in [0, 0.05) is 0 Å². The predicted octanol–water partition coefficient (Wildman–Crippen LogP) is 7.39. The van der Waals surface area contributed by atoms with E-state index in [1.807, 2.05) is 0 Å². The molecule has 0 fully saturated rings. The maximum atomic E-state index is 12.6. The van der Waals surface area contributed by atoms with E-state index in [2.05, 4.69) is 107 Å². The SMILES string of the molecule is CC(C)(C)c1cc([Se]Sc2cc(C(C)(C)C)c(OC(=O)CCC(=O)O)c(C(C)(C)C)c2)cc(C(C)(C)C)c1O. The van der Waals surface area contributed by atoms with Crippen LogP contribution in [-0.4, -0.2) is 36.0 Å². The number of ether oxygens (including phenoxy) is 1. The van der Waals surface area contributed by atoms with Crippen LogP contribution in [0.25, 0.3) is 0 Å². The van der Waals surface area contributed by atoms with Crippen molar-refractivity contribution in [3.63, 3.8) is 0 Å². The van der Waals surface area contributed by atoms with E-state index in [-0.39, 0.29) is 48.3 Å². The Morgan fingerprint density at radius 2 is 1.13 bits per heavy atom. The summed E-state index contributed by atoms with van der Waals surface area (Å²) in [7, 11) is 1.78. The first kappa shape index (κ1) is 33.3. The number of aliphatic carboxylic acids is 1. The molecule has 0 aromatic heterocycles. The van der Waals surface area contributed by atoms with E-state index in [4.69, 9.17) is 9.84 Å². The second-order valence-electron chi connectivity index (χ2n) is 14.2. The Bertz CT molecular complexity index is 1150. The Kier molecular flexibility index (Phi) is 10.1. The zero-order chi connectivity index (χ0) is 30.1. The summed E-state index contributed by atoms with van der Waals surface area (Å²) in [5.74, 6) is -0.631. The Morgan fingerprint density at radius 1 is 0.718 bits per heavy atom. The number of benzene rings is 2. The van der Waals surface area contributed by atoms with Crippen LogP contribution in [-0.2, 0) is 31.2 Å². The van der Waals surface area contributed by atoms with Gasteiger partial charge >= 0.3 is 245 Å². The zero-order valence-electron chi connectivity index (χ0n) is 25.7. The van der Waals surface area contributed by atoms with Gasteiger partial charge in [0.05, 0.1) is 0 Å². The van der Waals surface area contributed by atoms with Crippen LogP contribution in [0.15, 0.2) is 29.2 Å². The van der Waals surface area contributed by atoms with Crippen molar-refractivity contribution < 1.29 is 24.5 Å². The number of carboxylic acid groups (broad SMARTS) is 1. The Morgan fingerprint density at radius 3 is 1.49 bits per heavy atom. The number of carbonyl (C=O) groups is 2. The molecule has 5 nitrogen and oxygen atoms in total. The molecule has 0 saturated heterocycles. The molecule has 2 rings (SSSR count). The number of hydrogen-bond acceptors (Lipinski definition) is 5. The summed E-state index contributed by atoms with van der Waals surface area (Å²) in [5.41, 5.74) is 2.79. The van der Waals surface area contributed by atoms with Gasteiger partial charge in [0.1, 0.15) is 0 Å². The minimum atomic E-state index is -1.02. The third-order valence-corrected chi connectivity index (χ3v) is 10.5. The first-order valence-corrected chi connectivity index (χ1v) is 17.1. The van der Waals surface area contributed by atoms with Gasteiger partial charge in [-0.15, -0.1) is 0 Å². The Labute approximate surface area is 244 Å². The fourth-order valence-corrected chi connectivity index (χ4v) is 7.68. The van der Waals surface area contributed by atoms with Crippen molar-refractivity contribution >= 4 is 40.4 Å². The van der Waals surface area contributed by atoms with Gasteiger partial charge in [0.25, 0.3) is 0 Å². The monoisotopic (exact) mass is 622 g/mol. The third kappa shape index (κ3) is 9.03. The summed E-state index contributed by atoms with van der Waals surface area (Å²) in [5, 5.41) is 20.1. The predicted molar refractivity (Wildman–Crippen MR) is 163 cm³/mol. The average molecular weight is 622 g/mol. The summed E-state index contributed by atoms with van der Waals surface area (Å²) in [6.07, 6.45) is -0.431. The fraction of sp³-hybridized carbons (Fsp3) is 0.562. The maximum absolute atomic E-state index is 12.6. The molecule has 0 spiro atoms. The van der Waals surface area contributed by atoms with Crippen molar-refractivity contribution in [2.75, 3.05) is 0 Å². The summed E-state index contributed by atoms with van der Waals surface area (Å²) in [6.45, 7) is 25.3. The van der Waals surface area contributed by atoms with Crippen molar-refractivity contribution in [3.8, 4) is 11.5 Å². The van der Waals surface area contributed by atoms with Crippen molar-refractivity contribution in [2.24, 2.45) is 0 Å². The minimum absolute atomic E-state index is 0.0255. The summed E-state index contributed by atoms with van der Waals surface area (Å²) in [4.78, 5) is 24.7. The van der Waals surface area contributed by atoms with Crippen LogP contribution >= 0.6 is 10.2 Å². The van der Waals surface area contributed by atoms with E-state index < -0.39 is 11.9 Å². The second kappa shape index (κ2) is 11.9. The number of carbonyl (C=O) groups excluding carboxylic acids is 1. The Balaban J connectivity index is 2.59. The molecular weight excluding hydrogens is 575 g/mol. The van der Waals surface area contributed by atoms with E-state index in [9.17, 15) is 14.7 Å². The van der Waals surface area contributed by atoms with E-state index in [1.165, 1.54) is 4.46 Å². The summed E-state index contributed by atoms with van der Waals surface area (Å²) < 4.78 is 7.09. The standard InChI is InChI=1S/C32H46O5SSe/c1-29(2,3)21-17-20(18-22(27(21)36)30(4,5)6)39-38-19-15-23(31(7,8)9)28(24(16-19)32(10,11)12)37-26(35)14-13-25(33)34/h15-18,36H,13-14H2,1-12H3,(H,33,34). The van der Waals surface area contributed by atoms with Crippen LogP contribution in [0, 0.1) is 0 Å². The molecule has 2 aromatic carbocycles. The van der Waals surface area contributed by atoms with E-state index in [0.717, 1.165) is 27.1 Å².